The van der Waals surface area contributed by atoms with E-state index in [1.165, 1.54) is 12.0 Å². The average molecular weight is 350 g/mol. The predicted octanol–water partition coefficient (Wildman–Crippen LogP) is 5.00. The van der Waals surface area contributed by atoms with E-state index in [-0.39, 0.29) is 11.8 Å². The summed E-state index contributed by atoms with van der Waals surface area (Å²) in [4.78, 5) is 13.9. The number of carbonyl (C=O) groups excluding carboxylic acids is 1. The molecule has 0 fully saturated rings. The summed E-state index contributed by atoms with van der Waals surface area (Å²) in [5.74, 6) is 0.141. The van der Waals surface area contributed by atoms with Crippen LogP contribution in [0.5, 0.6) is 5.75 Å². The number of hydrogen-bond donors (Lipinski definition) is 0. The number of furan rings is 1. The first kappa shape index (κ1) is 15.7. The number of nitrogens with zero attached hydrogens (tertiary/aromatic N) is 1. The minimum Gasteiger partial charge on any atom is -0.495 e. The van der Waals surface area contributed by atoms with Crippen LogP contribution in [0, 0.1) is 0 Å². The molecule has 0 saturated heterocycles. The molecule has 0 aliphatic rings. The number of methoxy groups -OCH3 is 1. The zero-order chi connectivity index (χ0) is 16.4. The molecule has 23 heavy (non-hydrogen) atoms. The second-order valence-electron chi connectivity index (χ2n) is 4.82. The van der Waals surface area contributed by atoms with Crippen molar-refractivity contribution in [1.29, 1.82) is 0 Å². The summed E-state index contributed by atoms with van der Waals surface area (Å²) in [5, 5.41) is 1.32. The maximum atomic E-state index is 12.3. The van der Waals surface area contributed by atoms with Gasteiger partial charge in [-0.3, -0.25) is 9.69 Å². The SMILES string of the molecule is COc1ccc(N(C(=O)CCl)c2ccc3occc3c2)cc1Cl. The summed E-state index contributed by atoms with van der Waals surface area (Å²) in [6, 6.07) is 12.4. The number of benzene rings is 2. The number of carbonyl (C=O) groups is 1. The zero-order valence-corrected chi connectivity index (χ0v) is 13.8. The number of anilines is 2. The molecule has 1 aromatic heterocycles. The third-order valence-corrected chi connectivity index (χ3v) is 3.98. The van der Waals surface area contributed by atoms with Crippen LogP contribution >= 0.6 is 23.2 Å². The molecule has 0 unspecified atom stereocenters. The second-order valence-corrected chi connectivity index (χ2v) is 5.50. The summed E-state index contributed by atoms with van der Waals surface area (Å²) in [7, 11) is 1.54. The lowest BCUT2D eigenvalue weighted by molar-refractivity contribution is -0.115. The van der Waals surface area contributed by atoms with E-state index in [1.807, 2.05) is 18.2 Å². The minimum absolute atomic E-state index is 0.146. The molecule has 0 N–H and O–H groups in total. The molecular formula is C17H13Cl2NO3. The summed E-state index contributed by atoms with van der Waals surface area (Å²) >= 11 is 12.0. The molecule has 0 atom stereocenters. The lowest BCUT2D eigenvalue weighted by Crippen LogP contribution is -2.26. The number of hydrogen-bond acceptors (Lipinski definition) is 3. The van der Waals surface area contributed by atoms with Crippen LogP contribution in [0.25, 0.3) is 11.0 Å². The van der Waals surface area contributed by atoms with E-state index in [9.17, 15) is 4.79 Å². The van der Waals surface area contributed by atoms with Crippen LogP contribution in [0.4, 0.5) is 11.4 Å². The lowest BCUT2D eigenvalue weighted by Gasteiger charge is -2.23. The largest absolute Gasteiger partial charge is 0.495 e. The smallest absolute Gasteiger partial charge is 0.246 e. The fourth-order valence-electron chi connectivity index (χ4n) is 2.38. The van der Waals surface area contributed by atoms with Gasteiger partial charge in [0.05, 0.1) is 24.1 Å². The Hall–Kier alpha value is -2.17. The number of ether oxygens (including phenoxy) is 1. The fraction of sp³-hybridized carbons (Fsp3) is 0.118. The summed E-state index contributed by atoms with van der Waals surface area (Å²) < 4.78 is 10.5. The number of fused-ring (bicyclic) bond motifs is 1. The Bertz CT molecular complexity index is 860. The zero-order valence-electron chi connectivity index (χ0n) is 12.3. The van der Waals surface area contributed by atoms with E-state index in [1.54, 1.807) is 30.5 Å². The van der Waals surface area contributed by atoms with Gasteiger partial charge in [0.25, 0.3) is 0 Å². The van der Waals surface area contributed by atoms with Gasteiger partial charge < -0.3 is 9.15 Å². The van der Waals surface area contributed by atoms with Gasteiger partial charge in [-0.1, -0.05) is 11.6 Å². The Morgan fingerprint density at radius 2 is 1.91 bits per heavy atom. The molecule has 0 radical (unpaired) electrons. The highest BCUT2D eigenvalue weighted by Gasteiger charge is 2.19. The monoisotopic (exact) mass is 349 g/mol. The Balaban J connectivity index is 2.10. The standard InChI is InChI=1S/C17H13Cl2NO3/c1-22-16-5-3-13(9-14(16)19)20(17(21)10-18)12-2-4-15-11(8-12)6-7-23-15/h2-9H,10H2,1H3. The highest BCUT2D eigenvalue weighted by molar-refractivity contribution is 6.33. The van der Waals surface area contributed by atoms with Crippen LogP contribution in [-0.2, 0) is 4.79 Å². The van der Waals surface area contributed by atoms with Crippen LogP contribution in [0.3, 0.4) is 0 Å². The van der Waals surface area contributed by atoms with E-state index in [0.29, 0.717) is 22.1 Å². The molecule has 3 rings (SSSR count). The molecular weight excluding hydrogens is 337 g/mol. The average Bonchev–Trinajstić information content (AvgIpc) is 3.03. The Labute approximate surface area is 143 Å². The topological polar surface area (TPSA) is 42.7 Å². The quantitative estimate of drug-likeness (QED) is 0.622. The normalized spacial score (nSPS) is 10.7. The van der Waals surface area contributed by atoms with Crippen LogP contribution in [0.2, 0.25) is 5.02 Å². The first-order chi connectivity index (χ1) is 11.1. The molecule has 2 aromatic carbocycles. The molecule has 1 amide bonds. The fourth-order valence-corrected chi connectivity index (χ4v) is 2.76. The summed E-state index contributed by atoms with van der Waals surface area (Å²) in [5.41, 5.74) is 2.05. The molecule has 0 bridgehead atoms. The lowest BCUT2D eigenvalue weighted by atomic mass is 10.2. The van der Waals surface area contributed by atoms with Crippen molar-refractivity contribution in [3.05, 3.63) is 53.8 Å². The van der Waals surface area contributed by atoms with Gasteiger partial charge in [0, 0.05) is 11.1 Å². The van der Waals surface area contributed by atoms with Gasteiger partial charge in [-0.2, -0.15) is 0 Å². The third-order valence-electron chi connectivity index (χ3n) is 3.45. The van der Waals surface area contributed by atoms with Gasteiger partial charge in [-0.05, 0) is 42.5 Å². The van der Waals surface area contributed by atoms with E-state index >= 15 is 0 Å². The van der Waals surface area contributed by atoms with Crippen molar-refractivity contribution in [3.8, 4) is 5.75 Å². The van der Waals surface area contributed by atoms with Crippen molar-refractivity contribution in [3.63, 3.8) is 0 Å². The summed E-state index contributed by atoms with van der Waals surface area (Å²) in [6.45, 7) is 0. The van der Waals surface area contributed by atoms with E-state index in [4.69, 9.17) is 32.4 Å². The number of halogens is 2. The predicted molar refractivity (Wildman–Crippen MR) is 92.1 cm³/mol. The third kappa shape index (κ3) is 3.00. The van der Waals surface area contributed by atoms with Gasteiger partial charge in [-0.25, -0.2) is 0 Å². The van der Waals surface area contributed by atoms with Gasteiger partial charge in [-0.15, -0.1) is 11.6 Å². The molecule has 0 aliphatic heterocycles. The number of amides is 1. The van der Waals surface area contributed by atoms with Crippen molar-refractivity contribution in [2.45, 2.75) is 0 Å². The highest BCUT2D eigenvalue weighted by Crippen LogP contribution is 2.34. The Morgan fingerprint density at radius 1 is 1.17 bits per heavy atom. The van der Waals surface area contributed by atoms with Gasteiger partial charge in [0.15, 0.2) is 0 Å². The van der Waals surface area contributed by atoms with Crippen LogP contribution in [0.15, 0.2) is 53.1 Å². The van der Waals surface area contributed by atoms with Crippen LogP contribution in [0.1, 0.15) is 0 Å². The maximum absolute atomic E-state index is 12.3. The van der Waals surface area contributed by atoms with E-state index in [0.717, 1.165) is 11.0 Å². The Kier molecular flexibility index (Phi) is 4.46. The highest BCUT2D eigenvalue weighted by atomic mass is 35.5. The van der Waals surface area contributed by atoms with Crippen molar-refractivity contribution >= 4 is 51.5 Å². The number of rotatable bonds is 4. The van der Waals surface area contributed by atoms with Crippen LogP contribution in [-0.4, -0.2) is 18.9 Å². The van der Waals surface area contributed by atoms with Crippen molar-refractivity contribution < 1.29 is 13.9 Å². The first-order valence-electron chi connectivity index (χ1n) is 6.84. The molecule has 0 spiro atoms. The number of alkyl halides is 1. The molecule has 0 aliphatic carbocycles. The van der Waals surface area contributed by atoms with E-state index in [2.05, 4.69) is 0 Å². The molecule has 118 valence electrons. The second kappa shape index (κ2) is 6.52. The van der Waals surface area contributed by atoms with Gasteiger partial charge in [0.1, 0.15) is 17.2 Å². The van der Waals surface area contributed by atoms with Gasteiger partial charge in [0.2, 0.25) is 5.91 Å². The molecule has 1 heterocycles. The van der Waals surface area contributed by atoms with Crippen LogP contribution < -0.4 is 9.64 Å². The van der Waals surface area contributed by atoms with Crippen molar-refractivity contribution in [2.24, 2.45) is 0 Å². The minimum atomic E-state index is -0.254. The first-order valence-corrected chi connectivity index (χ1v) is 7.75. The van der Waals surface area contributed by atoms with Crippen molar-refractivity contribution in [1.82, 2.24) is 0 Å². The molecule has 0 saturated carbocycles. The van der Waals surface area contributed by atoms with Gasteiger partial charge >= 0.3 is 0 Å². The Morgan fingerprint density at radius 3 is 2.61 bits per heavy atom. The van der Waals surface area contributed by atoms with Crippen molar-refractivity contribution in [2.75, 3.05) is 17.9 Å². The molecule has 4 nitrogen and oxygen atoms in total. The maximum Gasteiger partial charge on any atom is 0.246 e. The molecule has 6 heteroatoms. The molecule has 3 aromatic rings. The van der Waals surface area contributed by atoms with E-state index < -0.39 is 0 Å². The summed E-state index contributed by atoms with van der Waals surface area (Å²) in [6.07, 6.45) is 1.60.